The van der Waals surface area contributed by atoms with E-state index < -0.39 is 0 Å². The monoisotopic (exact) mass is 285 g/mol. The third kappa shape index (κ3) is 2.96. The maximum atomic E-state index is 12.4. The van der Waals surface area contributed by atoms with Crippen LogP contribution in [0.5, 0.6) is 0 Å². The van der Waals surface area contributed by atoms with E-state index in [2.05, 4.69) is 10.2 Å². The van der Waals surface area contributed by atoms with Crippen LogP contribution in [-0.4, -0.2) is 34.1 Å². The summed E-state index contributed by atoms with van der Waals surface area (Å²) >= 11 is 0. The molecule has 0 spiro atoms. The fourth-order valence-corrected chi connectivity index (χ4v) is 2.88. The van der Waals surface area contributed by atoms with Gasteiger partial charge < -0.3 is 4.90 Å². The standard InChI is InChI=1S/C16H19N3O2/c20-15(19-9-5-1-2-6-10-19)11-14-12-7-3-4-8-13(12)16(21)18-17-14/h3-4,7-8H,1-2,5-6,9-11H2,(H,18,21). The number of aromatic amines is 1. The van der Waals surface area contributed by atoms with E-state index in [0.29, 0.717) is 11.1 Å². The summed E-state index contributed by atoms with van der Waals surface area (Å²) in [7, 11) is 0. The van der Waals surface area contributed by atoms with Crippen LogP contribution in [0.3, 0.4) is 0 Å². The molecule has 0 unspecified atom stereocenters. The van der Waals surface area contributed by atoms with Crippen molar-refractivity contribution >= 4 is 16.7 Å². The highest BCUT2D eigenvalue weighted by Gasteiger charge is 2.18. The van der Waals surface area contributed by atoms with Gasteiger partial charge in [-0.1, -0.05) is 31.0 Å². The van der Waals surface area contributed by atoms with Crippen LogP contribution in [0.4, 0.5) is 0 Å². The van der Waals surface area contributed by atoms with Gasteiger partial charge in [0.2, 0.25) is 5.91 Å². The number of benzene rings is 1. The van der Waals surface area contributed by atoms with E-state index in [4.69, 9.17) is 0 Å². The quantitative estimate of drug-likeness (QED) is 0.916. The smallest absolute Gasteiger partial charge is 0.272 e. The molecule has 1 aliphatic heterocycles. The first kappa shape index (κ1) is 13.8. The van der Waals surface area contributed by atoms with E-state index in [0.717, 1.165) is 31.3 Å². The molecule has 2 aromatic rings. The number of nitrogens with one attached hydrogen (secondary N) is 1. The second kappa shape index (κ2) is 6.08. The van der Waals surface area contributed by atoms with E-state index in [1.165, 1.54) is 12.8 Å². The van der Waals surface area contributed by atoms with Gasteiger partial charge in [0.1, 0.15) is 0 Å². The Hall–Kier alpha value is -2.17. The summed E-state index contributed by atoms with van der Waals surface area (Å²) in [6, 6.07) is 7.29. The number of nitrogens with zero attached hydrogens (tertiary/aromatic N) is 2. The molecule has 1 amide bonds. The molecule has 1 N–H and O–H groups in total. The van der Waals surface area contributed by atoms with Crippen LogP contribution < -0.4 is 5.56 Å². The molecule has 1 saturated heterocycles. The Kier molecular flexibility index (Phi) is 3.99. The molecule has 0 saturated carbocycles. The van der Waals surface area contributed by atoms with Crippen LogP contribution in [0, 0.1) is 0 Å². The molecular weight excluding hydrogens is 266 g/mol. The minimum atomic E-state index is -0.212. The predicted octanol–water partition coefficient (Wildman–Crippen LogP) is 1.87. The van der Waals surface area contributed by atoms with E-state index in [1.807, 2.05) is 23.1 Å². The molecule has 2 heterocycles. The molecule has 1 fully saturated rings. The molecule has 1 aliphatic rings. The van der Waals surface area contributed by atoms with E-state index in [-0.39, 0.29) is 17.9 Å². The minimum Gasteiger partial charge on any atom is -0.342 e. The normalized spacial score (nSPS) is 15.9. The summed E-state index contributed by atoms with van der Waals surface area (Å²) in [6.45, 7) is 1.67. The Balaban J connectivity index is 1.86. The molecule has 0 radical (unpaired) electrons. The average molecular weight is 285 g/mol. The number of carbonyl (C=O) groups excluding carboxylic acids is 1. The first-order valence-corrected chi connectivity index (χ1v) is 7.50. The van der Waals surface area contributed by atoms with Gasteiger partial charge in [0.25, 0.3) is 5.56 Å². The Morgan fingerprint density at radius 3 is 2.48 bits per heavy atom. The maximum absolute atomic E-state index is 12.4. The lowest BCUT2D eigenvalue weighted by atomic mass is 10.1. The zero-order valence-electron chi connectivity index (χ0n) is 12.0. The van der Waals surface area contributed by atoms with E-state index in [9.17, 15) is 9.59 Å². The van der Waals surface area contributed by atoms with Crippen molar-refractivity contribution in [1.82, 2.24) is 15.1 Å². The van der Waals surface area contributed by atoms with E-state index in [1.54, 1.807) is 6.07 Å². The highest BCUT2D eigenvalue weighted by Crippen LogP contribution is 2.15. The molecular formula is C16H19N3O2. The molecule has 1 aromatic heterocycles. The highest BCUT2D eigenvalue weighted by molar-refractivity contribution is 5.88. The SMILES string of the molecule is O=C(Cc1n[nH]c(=O)c2ccccc12)N1CCCCCC1. The minimum absolute atomic E-state index is 0.0987. The Labute approximate surface area is 123 Å². The Bertz CT molecular complexity index is 700. The van der Waals surface area contributed by atoms with Crippen molar-refractivity contribution in [2.24, 2.45) is 0 Å². The van der Waals surface area contributed by atoms with Gasteiger partial charge in [-0.15, -0.1) is 0 Å². The van der Waals surface area contributed by atoms with Crippen molar-refractivity contribution < 1.29 is 4.79 Å². The van der Waals surface area contributed by atoms with Gasteiger partial charge in [-0.2, -0.15) is 5.10 Å². The zero-order valence-corrected chi connectivity index (χ0v) is 12.0. The maximum Gasteiger partial charge on any atom is 0.272 e. The van der Waals surface area contributed by atoms with Gasteiger partial charge in [0, 0.05) is 18.5 Å². The van der Waals surface area contributed by atoms with Gasteiger partial charge in [0.15, 0.2) is 0 Å². The third-order valence-electron chi connectivity index (χ3n) is 4.05. The van der Waals surface area contributed by atoms with Gasteiger partial charge >= 0.3 is 0 Å². The number of amides is 1. The molecule has 21 heavy (non-hydrogen) atoms. The van der Waals surface area contributed by atoms with Crippen LogP contribution in [0.25, 0.3) is 10.8 Å². The number of H-pyrrole nitrogens is 1. The van der Waals surface area contributed by atoms with Crippen LogP contribution in [-0.2, 0) is 11.2 Å². The van der Waals surface area contributed by atoms with Crippen LogP contribution in [0.2, 0.25) is 0 Å². The van der Waals surface area contributed by atoms with Gasteiger partial charge in [-0.05, 0) is 18.9 Å². The molecule has 5 nitrogen and oxygen atoms in total. The molecule has 0 bridgehead atoms. The molecule has 3 rings (SSSR count). The molecule has 110 valence electrons. The fourth-order valence-electron chi connectivity index (χ4n) is 2.88. The Morgan fingerprint density at radius 1 is 1.10 bits per heavy atom. The fraction of sp³-hybridized carbons (Fsp3) is 0.438. The lowest BCUT2D eigenvalue weighted by molar-refractivity contribution is -0.130. The number of hydrogen-bond donors (Lipinski definition) is 1. The Morgan fingerprint density at radius 2 is 1.76 bits per heavy atom. The average Bonchev–Trinajstić information content (AvgIpc) is 2.79. The van der Waals surface area contributed by atoms with E-state index >= 15 is 0 Å². The molecule has 5 heteroatoms. The third-order valence-corrected chi connectivity index (χ3v) is 4.05. The highest BCUT2D eigenvalue weighted by atomic mass is 16.2. The first-order chi connectivity index (χ1) is 10.3. The zero-order chi connectivity index (χ0) is 14.7. The lowest BCUT2D eigenvalue weighted by Gasteiger charge is -2.20. The van der Waals surface area contributed by atoms with Crippen molar-refractivity contribution in [2.45, 2.75) is 32.1 Å². The topological polar surface area (TPSA) is 66.1 Å². The second-order valence-electron chi connectivity index (χ2n) is 5.52. The summed E-state index contributed by atoms with van der Waals surface area (Å²) in [4.78, 5) is 26.1. The van der Waals surface area contributed by atoms with Crippen molar-refractivity contribution in [1.29, 1.82) is 0 Å². The predicted molar refractivity (Wildman–Crippen MR) is 81.1 cm³/mol. The molecule has 0 aliphatic carbocycles. The summed E-state index contributed by atoms with van der Waals surface area (Å²) in [5.41, 5.74) is 0.441. The van der Waals surface area contributed by atoms with Crippen molar-refractivity contribution in [3.05, 3.63) is 40.3 Å². The van der Waals surface area contributed by atoms with Gasteiger partial charge in [0.05, 0.1) is 17.5 Å². The second-order valence-corrected chi connectivity index (χ2v) is 5.52. The molecule has 1 aromatic carbocycles. The van der Waals surface area contributed by atoms with Crippen LogP contribution >= 0.6 is 0 Å². The van der Waals surface area contributed by atoms with Crippen molar-refractivity contribution in [2.75, 3.05) is 13.1 Å². The lowest BCUT2D eigenvalue weighted by Crippen LogP contribution is -2.33. The number of aromatic nitrogens is 2. The van der Waals surface area contributed by atoms with Crippen LogP contribution in [0.15, 0.2) is 29.1 Å². The number of fused-ring (bicyclic) bond motifs is 1. The summed E-state index contributed by atoms with van der Waals surface area (Å²) in [5, 5.41) is 7.92. The first-order valence-electron chi connectivity index (χ1n) is 7.50. The van der Waals surface area contributed by atoms with Crippen molar-refractivity contribution in [3.8, 4) is 0 Å². The number of carbonyl (C=O) groups is 1. The number of hydrogen-bond acceptors (Lipinski definition) is 3. The summed E-state index contributed by atoms with van der Waals surface area (Å²) in [5.74, 6) is 0.0987. The summed E-state index contributed by atoms with van der Waals surface area (Å²) < 4.78 is 0. The van der Waals surface area contributed by atoms with Crippen LogP contribution in [0.1, 0.15) is 31.4 Å². The number of rotatable bonds is 2. The summed E-state index contributed by atoms with van der Waals surface area (Å²) in [6.07, 6.45) is 4.79. The van der Waals surface area contributed by atoms with Gasteiger partial charge in [-0.3, -0.25) is 9.59 Å². The number of likely N-dealkylation sites (tertiary alicyclic amines) is 1. The molecule has 0 atom stereocenters. The van der Waals surface area contributed by atoms with Gasteiger partial charge in [-0.25, -0.2) is 5.10 Å². The largest absolute Gasteiger partial charge is 0.342 e. The van der Waals surface area contributed by atoms with Crippen molar-refractivity contribution in [3.63, 3.8) is 0 Å².